The second kappa shape index (κ2) is 7.43. The zero-order valence-electron chi connectivity index (χ0n) is 11.5. The maximum absolute atomic E-state index is 11.4. The monoisotopic (exact) mass is 367 g/mol. The number of benzene rings is 1. The number of nitrogens with one attached hydrogen (secondary N) is 2. The molecule has 0 saturated heterocycles. The number of halogens is 2. The lowest BCUT2D eigenvalue weighted by Crippen LogP contribution is -2.10. The zero-order chi connectivity index (χ0) is 15.2. The van der Waals surface area contributed by atoms with Gasteiger partial charge >= 0.3 is 0 Å². The Kier molecular flexibility index (Phi) is 5.59. The molecule has 2 N–H and O–H groups in total. The Bertz CT molecular complexity index is 631. The number of hydrogen-bond donors (Lipinski definition) is 2. The molecule has 0 aliphatic heterocycles. The van der Waals surface area contributed by atoms with E-state index in [1.165, 1.54) is 0 Å². The summed E-state index contributed by atoms with van der Waals surface area (Å²) >= 11 is 9.50. The first kappa shape index (κ1) is 15.8. The van der Waals surface area contributed by atoms with E-state index >= 15 is 0 Å². The zero-order valence-corrected chi connectivity index (χ0v) is 13.8. The molecule has 0 unspecified atom stereocenters. The molecule has 110 valence electrons. The molecule has 0 aliphatic carbocycles. The van der Waals surface area contributed by atoms with E-state index in [0.717, 1.165) is 21.5 Å². The first-order chi connectivity index (χ1) is 10.1. The third kappa shape index (κ3) is 4.72. The third-order valence-electron chi connectivity index (χ3n) is 2.82. The van der Waals surface area contributed by atoms with Gasteiger partial charge in [0.05, 0.1) is 22.9 Å². The van der Waals surface area contributed by atoms with Crippen LogP contribution in [0.25, 0.3) is 0 Å². The van der Waals surface area contributed by atoms with E-state index in [1.54, 1.807) is 18.3 Å². The van der Waals surface area contributed by atoms with Gasteiger partial charge in [0.1, 0.15) is 0 Å². The Hall–Kier alpha value is -1.59. The number of carbonyl (C=O) groups excluding carboxylic acids is 1. The number of carbonyl (C=O) groups is 1. The van der Waals surface area contributed by atoms with Crippen molar-refractivity contribution < 1.29 is 4.79 Å². The molecule has 1 amide bonds. The van der Waals surface area contributed by atoms with Gasteiger partial charge in [-0.15, -0.1) is 0 Å². The maximum Gasteiger partial charge on any atom is 0.224 e. The van der Waals surface area contributed by atoms with Crippen molar-refractivity contribution in [2.24, 2.45) is 0 Å². The minimum atomic E-state index is -0.0298. The molecule has 0 saturated carbocycles. The summed E-state index contributed by atoms with van der Waals surface area (Å²) in [4.78, 5) is 15.7. The Morgan fingerprint density at radius 2 is 2.14 bits per heavy atom. The molecule has 0 fully saturated rings. The van der Waals surface area contributed by atoms with Gasteiger partial charge in [0.15, 0.2) is 0 Å². The van der Waals surface area contributed by atoms with Crippen molar-refractivity contribution in [3.63, 3.8) is 0 Å². The van der Waals surface area contributed by atoms with Crippen molar-refractivity contribution in [3.8, 4) is 0 Å². The second-order valence-electron chi connectivity index (χ2n) is 4.42. The van der Waals surface area contributed by atoms with Crippen LogP contribution in [0, 0.1) is 0 Å². The molecular weight excluding hydrogens is 354 g/mol. The Morgan fingerprint density at radius 1 is 1.33 bits per heavy atom. The molecule has 0 spiro atoms. The molecule has 2 rings (SSSR count). The van der Waals surface area contributed by atoms with Gasteiger partial charge in [0, 0.05) is 22.8 Å². The van der Waals surface area contributed by atoms with Gasteiger partial charge in [0.2, 0.25) is 5.91 Å². The average Bonchev–Trinajstić information content (AvgIpc) is 2.49. The number of amides is 1. The van der Waals surface area contributed by atoms with Crippen LogP contribution in [0.15, 0.2) is 41.0 Å². The number of anilines is 2. The van der Waals surface area contributed by atoms with Crippen LogP contribution in [-0.4, -0.2) is 10.9 Å². The quantitative estimate of drug-likeness (QED) is 0.819. The Morgan fingerprint density at radius 3 is 2.81 bits per heavy atom. The minimum absolute atomic E-state index is 0.0298. The van der Waals surface area contributed by atoms with Gasteiger partial charge in [-0.05, 0) is 46.3 Å². The van der Waals surface area contributed by atoms with Crippen molar-refractivity contribution in [2.75, 3.05) is 10.6 Å². The summed E-state index contributed by atoms with van der Waals surface area (Å²) in [6.45, 7) is 2.36. The van der Waals surface area contributed by atoms with Gasteiger partial charge < -0.3 is 10.6 Å². The molecule has 1 heterocycles. The SMILES string of the molecule is CCC(=O)Nc1ccc(Cl)c(NCc2ccc(Br)cn2)c1. The normalized spacial score (nSPS) is 10.2. The van der Waals surface area contributed by atoms with Crippen molar-refractivity contribution in [2.45, 2.75) is 19.9 Å². The second-order valence-corrected chi connectivity index (χ2v) is 5.74. The van der Waals surface area contributed by atoms with E-state index in [0.29, 0.717) is 18.0 Å². The fourth-order valence-corrected chi connectivity index (χ4v) is 2.10. The van der Waals surface area contributed by atoms with E-state index in [9.17, 15) is 4.79 Å². The summed E-state index contributed by atoms with van der Waals surface area (Å²) in [5.41, 5.74) is 2.38. The van der Waals surface area contributed by atoms with E-state index in [-0.39, 0.29) is 5.91 Å². The highest BCUT2D eigenvalue weighted by Gasteiger charge is 2.05. The smallest absolute Gasteiger partial charge is 0.224 e. The number of aromatic nitrogens is 1. The summed E-state index contributed by atoms with van der Waals surface area (Å²) in [6, 6.07) is 9.20. The fraction of sp³-hybridized carbons (Fsp3) is 0.200. The highest BCUT2D eigenvalue weighted by molar-refractivity contribution is 9.10. The first-order valence-electron chi connectivity index (χ1n) is 6.52. The van der Waals surface area contributed by atoms with Gasteiger partial charge in [-0.3, -0.25) is 9.78 Å². The molecule has 1 aromatic carbocycles. The molecule has 1 aromatic heterocycles. The van der Waals surface area contributed by atoms with E-state index in [4.69, 9.17) is 11.6 Å². The van der Waals surface area contributed by atoms with Crippen LogP contribution in [0.5, 0.6) is 0 Å². The molecule has 0 bridgehead atoms. The molecule has 4 nitrogen and oxygen atoms in total. The minimum Gasteiger partial charge on any atom is -0.378 e. The topological polar surface area (TPSA) is 54.0 Å². The van der Waals surface area contributed by atoms with E-state index in [1.807, 2.05) is 25.1 Å². The van der Waals surface area contributed by atoms with E-state index in [2.05, 4.69) is 31.5 Å². The Balaban J connectivity index is 2.06. The van der Waals surface area contributed by atoms with Crippen LogP contribution in [0.2, 0.25) is 5.02 Å². The standard InChI is InChI=1S/C15H15BrClN3O/c1-2-15(21)20-11-5-6-13(17)14(7-11)19-9-12-4-3-10(16)8-18-12/h3-8,19H,2,9H2,1H3,(H,20,21). The first-order valence-corrected chi connectivity index (χ1v) is 7.69. The van der Waals surface area contributed by atoms with Gasteiger partial charge in [-0.2, -0.15) is 0 Å². The highest BCUT2D eigenvalue weighted by atomic mass is 79.9. The lowest BCUT2D eigenvalue weighted by Gasteiger charge is -2.11. The van der Waals surface area contributed by atoms with Crippen LogP contribution in [0.1, 0.15) is 19.0 Å². The predicted molar refractivity (Wildman–Crippen MR) is 89.6 cm³/mol. The van der Waals surface area contributed by atoms with Crippen molar-refractivity contribution >= 4 is 44.8 Å². The summed E-state index contributed by atoms with van der Waals surface area (Å²) in [5, 5.41) is 6.62. The number of nitrogens with zero attached hydrogens (tertiary/aromatic N) is 1. The summed E-state index contributed by atoms with van der Waals surface area (Å²) in [7, 11) is 0. The van der Waals surface area contributed by atoms with Gasteiger partial charge in [0.25, 0.3) is 0 Å². The van der Waals surface area contributed by atoms with Crippen LogP contribution in [-0.2, 0) is 11.3 Å². The van der Waals surface area contributed by atoms with Crippen LogP contribution in [0.3, 0.4) is 0 Å². The van der Waals surface area contributed by atoms with Gasteiger partial charge in [-0.1, -0.05) is 18.5 Å². The third-order valence-corrected chi connectivity index (χ3v) is 3.62. The van der Waals surface area contributed by atoms with Crippen LogP contribution in [0.4, 0.5) is 11.4 Å². The molecule has 0 aliphatic rings. The molecule has 2 aromatic rings. The molecular formula is C15H15BrClN3O. The lowest BCUT2D eigenvalue weighted by molar-refractivity contribution is -0.115. The predicted octanol–water partition coefficient (Wildman–Crippen LogP) is 4.46. The van der Waals surface area contributed by atoms with Crippen molar-refractivity contribution in [1.29, 1.82) is 0 Å². The van der Waals surface area contributed by atoms with Crippen molar-refractivity contribution in [1.82, 2.24) is 4.98 Å². The molecule has 21 heavy (non-hydrogen) atoms. The summed E-state index contributed by atoms with van der Waals surface area (Å²) in [5.74, 6) is -0.0298. The number of hydrogen-bond acceptors (Lipinski definition) is 3. The van der Waals surface area contributed by atoms with Gasteiger partial charge in [-0.25, -0.2) is 0 Å². The molecule has 0 radical (unpaired) electrons. The van der Waals surface area contributed by atoms with Crippen molar-refractivity contribution in [3.05, 3.63) is 51.7 Å². The molecule has 6 heteroatoms. The summed E-state index contributed by atoms with van der Waals surface area (Å²) in [6.07, 6.45) is 2.19. The number of rotatable bonds is 5. The number of pyridine rings is 1. The van der Waals surface area contributed by atoms with E-state index < -0.39 is 0 Å². The molecule has 0 atom stereocenters. The fourth-order valence-electron chi connectivity index (χ4n) is 1.68. The lowest BCUT2D eigenvalue weighted by atomic mass is 10.2. The van der Waals surface area contributed by atoms with Crippen LogP contribution >= 0.6 is 27.5 Å². The maximum atomic E-state index is 11.4. The average molecular weight is 369 g/mol. The Labute approximate surface area is 137 Å². The largest absolute Gasteiger partial charge is 0.378 e. The highest BCUT2D eigenvalue weighted by Crippen LogP contribution is 2.26. The summed E-state index contributed by atoms with van der Waals surface area (Å²) < 4.78 is 0.938. The van der Waals surface area contributed by atoms with Crippen LogP contribution < -0.4 is 10.6 Å².